The highest BCUT2D eigenvalue weighted by Gasteiger charge is 2.36. The van der Waals surface area contributed by atoms with Crippen LogP contribution in [0.5, 0.6) is 5.75 Å². The minimum Gasteiger partial charge on any atom is -0.505 e. The van der Waals surface area contributed by atoms with Crippen LogP contribution in [0.4, 0.5) is 21.5 Å². The van der Waals surface area contributed by atoms with E-state index in [0.29, 0.717) is 33.6 Å². The third-order valence-corrected chi connectivity index (χ3v) is 6.67. The smallest absolute Gasteiger partial charge is 0.335 e. The highest BCUT2D eigenvalue weighted by atomic mass is 19.1. The Morgan fingerprint density at radius 3 is 2.39 bits per heavy atom. The summed E-state index contributed by atoms with van der Waals surface area (Å²) in [6, 6.07) is 19.6. The lowest BCUT2D eigenvalue weighted by Crippen LogP contribution is -2.26. The van der Waals surface area contributed by atoms with Gasteiger partial charge in [0.15, 0.2) is 5.71 Å². The van der Waals surface area contributed by atoms with Gasteiger partial charge in [-0.1, -0.05) is 30.3 Å². The molecule has 0 bridgehead atoms. The number of anilines is 3. The van der Waals surface area contributed by atoms with Gasteiger partial charge in [-0.05, 0) is 85.5 Å². The lowest BCUT2D eigenvalue weighted by Gasteiger charge is -2.18. The van der Waals surface area contributed by atoms with Gasteiger partial charge in [-0.25, -0.2) is 9.18 Å². The monoisotopic (exact) mass is 509 g/mol. The van der Waals surface area contributed by atoms with Crippen molar-refractivity contribution in [1.82, 2.24) is 0 Å². The number of halogens is 1. The number of hydrogen-bond acceptors (Lipinski definition) is 5. The third kappa shape index (κ3) is 4.26. The number of rotatable bonds is 5. The molecule has 0 saturated heterocycles. The molecule has 0 saturated carbocycles. The standard InChI is InChI=1S/C30H24FN3O4/c1-16-10-11-21(12-17(16)2)34-26-13-18(3)24(31)15-23(26)27(29(34)36)33-32-25-9-5-8-22(28(25)35)19-6-4-7-20(14-19)30(37)38/h4-15,32,35H,1-3H3,(H,37,38). The van der Waals surface area contributed by atoms with Crippen LogP contribution < -0.4 is 10.3 Å². The Bertz CT molecular complexity index is 1660. The number of nitrogens with zero attached hydrogens (tertiary/aromatic N) is 2. The number of benzene rings is 4. The van der Waals surface area contributed by atoms with Gasteiger partial charge in [0.25, 0.3) is 5.91 Å². The number of hydrogen-bond donors (Lipinski definition) is 3. The summed E-state index contributed by atoms with van der Waals surface area (Å²) in [6.07, 6.45) is 0. The Morgan fingerprint density at radius 2 is 1.66 bits per heavy atom. The zero-order valence-corrected chi connectivity index (χ0v) is 20.9. The molecule has 5 rings (SSSR count). The molecular weight excluding hydrogens is 485 g/mol. The van der Waals surface area contributed by atoms with Gasteiger partial charge in [-0.15, -0.1) is 0 Å². The van der Waals surface area contributed by atoms with Crippen molar-refractivity contribution >= 4 is 34.7 Å². The van der Waals surface area contributed by atoms with Crippen LogP contribution >= 0.6 is 0 Å². The molecule has 38 heavy (non-hydrogen) atoms. The molecule has 7 nitrogen and oxygen atoms in total. The van der Waals surface area contributed by atoms with E-state index in [9.17, 15) is 24.2 Å². The number of fused-ring (bicyclic) bond motifs is 1. The van der Waals surface area contributed by atoms with E-state index in [1.165, 1.54) is 23.1 Å². The molecule has 190 valence electrons. The van der Waals surface area contributed by atoms with E-state index in [-0.39, 0.29) is 22.7 Å². The molecule has 0 atom stereocenters. The topological polar surface area (TPSA) is 102 Å². The van der Waals surface area contributed by atoms with E-state index in [4.69, 9.17) is 0 Å². The first kappa shape index (κ1) is 24.7. The number of aryl methyl sites for hydroxylation is 3. The molecule has 1 aliphatic heterocycles. The summed E-state index contributed by atoms with van der Waals surface area (Å²) < 4.78 is 14.6. The van der Waals surface area contributed by atoms with Crippen LogP contribution in [-0.2, 0) is 4.79 Å². The van der Waals surface area contributed by atoms with E-state index in [1.54, 1.807) is 43.3 Å². The maximum Gasteiger partial charge on any atom is 0.335 e. The van der Waals surface area contributed by atoms with Crippen LogP contribution in [0.3, 0.4) is 0 Å². The summed E-state index contributed by atoms with van der Waals surface area (Å²) in [6.45, 7) is 5.57. The number of phenolic OH excluding ortho intramolecular Hbond substituents is 1. The lowest BCUT2D eigenvalue weighted by atomic mass is 10.0. The molecule has 1 heterocycles. The molecule has 0 fully saturated rings. The zero-order valence-electron chi connectivity index (χ0n) is 20.9. The second kappa shape index (κ2) is 9.48. The fourth-order valence-corrected chi connectivity index (χ4v) is 4.40. The number of carboxylic acids is 1. The molecule has 0 aliphatic carbocycles. The minimum atomic E-state index is -1.08. The molecule has 0 aromatic heterocycles. The van der Waals surface area contributed by atoms with E-state index in [2.05, 4.69) is 10.5 Å². The number of para-hydroxylation sites is 1. The summed E-state index contributed by atoms with van der Waals surface area (Å²) in [4.78, 5) is 26.5. The zero-order chi connectivity index (χ0) is 27.1. The third-order valence-electron chi connectivity index (χ3n) is 6.67. The number of carbonyl (C=O) groups is 2. The predicted octanol–water partition coefficient (Wildman–Crippen LogP) is 6.32. The first-order valence-electron chi connectivity index (χ1n) is 11.9. The van der Waals surface area contributed by atoms with Gasteiger partial charge in [-0.3, -0.25) is 15.1 Å². The van der Waals surface area contributed by atoms with E-state index < -0.39 is 17.7 Å². The SMILES string of the molecule is Cc1ccc(N2C(=O)C(=NNc3cccc(-c4cccc(C(=O)O)c4)c3O)c3cc(F)c(C)cc32)cc1C. The highest BCUT2D eigenvalue weighted by molar-refractivity contribution is 6.55. The van der Waals surface area contributed by atoms with Crippen molar-refractivity contribution in [3.63, 3.8) is 0 Å². The average molecular weight is 510 g/mol. The van der Waals surface area contributed by atoms with Crippen molar-refractivity contribution in [3.8, 4) is 16.9 Å². The Hall–Kier alpha value is -4.98. The molecule has 8 heteroatoms. The van der Waals surface area contributed by atoms with Gasteiger partial charge < -0.3 is 10.2 Å². The van der Waals surface area contributed by atoms with Gasteiger partial charge >= 0.3 is 5.97 Å². The average Bonchev–Trinajstić information content (AvgIpc) is 3.15. The second-order valence-corrected chi connectivity index (χ2v) is 9.19. The van der Waals surface area contributed by atoms with Crippen LogP contribution in [0.15, 0.2) is 77.9 Å². The van der Waals surface area contributed by atoms with Crippen LogP contribution in [0.25, 0.3) is 11.1 Å². The Balaban J connectivity index is 1.55. The van der Waals surface area contributed by atoms with E-state index >= 15 is 0 Å². The van der Waals surface area contributed by atoms with Crippen molar-refractivity contribution in [3.05, 3.63) is 106 Å². The maximum absolute atomic E-state index is 14.6. The predicted molar refractivity (Wildman–Crippen MR) is 145 cm³/mol. The van der Waals surface area contributed by atoms with Crippen molar-refractivity contribution in [2.75, 3.05) is 10.3 Å². The first-order chi connectivity index (χ1) is 18.2. The Labute approximate surface area is 218 Å². The van der Waals surface area contributed by atoms with Gasteiger partial charge in [0.1, 0.15) is 11.6 Å². The van der Waals surface area contributed by atoms with Crippen LogP contribution in [0, 0.1) is 26.6 Å². The van der Waals surface area contributed by atoms with Crippen molar-refractivity contribution < 1.29 is 24.2 Å². The number of phenols is 1. The summed E-state index contributed by atoms with van der Waals surface area (Å²) in [5.74, 6) is -2.16. The molecule has 4 aromatic carbocycles. The molecule has 4 aromatic rings. The van der Waals surface area contributed by atoms with Crippen LogP contribution in [-0.4, -0.2) is 27.8 Å². The first-order valence-corrected chi connectivity index (χ1v) is 11.9. The molecule has 1 amide bonds. The number of amides is 1. The highest BCUT2D eigenvalue weighted by Crippen LogP contribution is 2.39. The maximum atomic E-state index is 14.6. The molecular formula is C30H24FN3O4. The van der Waals surface area contributed by atoms with Gasteiger partial charge in [-0.2, -0.15) is 5.10 Å². The lowest BCUT2D eigenvalue weighted by molar-refractivity contribution is -0.111. The Kier molecular flexibility index (Phi) is 6.16. The Morgan fingerprint density at radius 1 is 0.895 bits per heavy atom. The number of nitrogens with one attached hydrogen (secondary N) is 1. The van der Waals surface area contributed by atoms with E-state index in [1.807, 2.05) is 32.0 Å². The molecule has 3 N–H and O–H groups in total. The number of carbonyl (C=O) groups excluding carboxylic acids is 1. The summed E-state index contributed by atoms with van der Waals surface area (Å²) >= 11 is 0. The van der Waals surface area contributed by atoms with Crippen LogP contribution in [0.2, 0.25) is 0 Å². The fraction of sp³-hybridized carbons (Fsp3) is 0.100. The number of aromatic hydroxyl groups is 1. The minimum absolute atomic E-state index is 0.00481. The summed E-state index contributed by atoms with van der Waals surface area (Å²) in [5.41, 5.74) is 7.87. The molecule has 0 radical (unpaired) electrons. The van der Waals surface area contributed by atoms with Crippen LogP contribution in [0.1, 0.15) is 32.6 Å². The number of aromatic carboxylic acids is 1. The summed E-state index contributed by atoms with van der Waals surface area (Å²) in [5, 5.41) is 24.5. The van der Waals surface area contributed by atoms with Gasteiger partial charge in [0.2, 0.25) is 0 Å². The quantitative estimate of drug-likeness (QED) is 0.216. The normalized spacial score (nSPS) is 13.6. The van der Waals surface area contributed by atoms with Crippen molar-refractivity contribution in [2.45, 2.75) is 20.8 Å². The largest absolute Gasteiger partial charge is 0.505 e. The summed E-state index contributed by atoms with van der Waals surface area (Å²) in [7, 11) is 0. The molecule has 0 unspecified atom stereocenters. The number of carboxylic acid groups (broad SMARTS) is 1. The fourth-order valence-electron chi connectivity index (χ4n) is 4.40. The van der Waals surface area contributed by atoms with Crippen molar-refractivity contribution in [2.24, 2.45) is 5.10 Å². The number of hydrazone groups is 1. The molecule has 1 aliphatic rings. The molecule has 0 spiro atoms. The van der Waals surface area contributed by atoms with Crippen molar-refractivity contribution in [1.29, 1.82) is 0 Å². The second-order valence-electron chi connectivity index (χ2n) is 9.19. The van der Waals surface area contributed by atoms with E-state index in [0.717, 1.165) is 11.1 Å². The van der Waals surface area contributed by atoms with Gasteiger partial charge in [0.05, 0.1) is 16.9 Å². The van der Waals surface area contributed by atoms with Gasteiger partial charge in [0, 0.05) is 16.8 Å².